The van der Waals surface area contributed by atoms with Crippen molar-refractivity contribution in [3.05, 3.63) is 18.0 Å². The molecule has 0 unspecified atom stereocenters. The smallest absolute Gasteiger partial charge is 0.369 e. The molecule has 2 aromatic rings. The Labute approximate surface area is 122 Å². The second kappa shape index (κ2) is 5.11. The van der Waals surface area contributed by atoms with E-state index in [0.717, 1.165) is 6.42 Å². The molecule has 0 aliphatic carbocycles. The summed E-state index contributed by atoms with van der Waals surface area (Å²) in [6.45, 7) is 0.948. The Kier molecular flexibility index (Phi) is 3.38. The summed E-state index contributed by atoms with van der Waals surface area (Å²) in [5.41, 5.74) is 5.32. The van der Waals surface area contributed by atoms with E-state index in [1.165, 1.54) is 6.07 Å². The van der Waals surface area contributed by atoms with E-state index in [2.05, 4.69) is 15.3 Å². The fraction of sp³-hybridized carbons (Fsp3) is 0.500. The number of aromatic nitrogens is 4. The molecule has 2 aromatic heterocycles. The van der Waals surface area contributed by atoms with Crippen LogP contribution >= 0.6 is 0 Å². The SMILES string of the molecule is NC(=O)[C@H]1CCCN(c2ccc3nnc(C(F)(F)F)n3n2)C1. The molecule has 3 heterocycles. The summed E-state index contributed by atoms with van der Waals surface area (Å²) in [5.74, 6) is -1.57. The Morgan fingerprint density at radius 2 is 2.09 bits per heavy atom. The van der Waals surface area contributed by atoms with E-state index < -0.39 is 17.9 Å². The second-order valence-corrected chi connectivity index (χ2v) is 5.17. The molecular weight excluding hydrogens is 301 g/mol. The summed E-state index contributed by atoms with van der Waals surface area (Å²) in [4.78, 5) is 13.0. The van der Waals surface area contributed by atoms with E-state index in [0.29, 0.717) is 29.8 Å². The first-order valence-corrected chi connectivity index (χ1v) is 6.70. The van der Waals surface area contributed by atoms with Gasteiger partial charge in [-0.05, 0) is 25.0 Å². The van der Waals surface area contributed by atoms with E-state index >= 15 is 0 Å². The largest absolute Gasteiger partial charge is 0.453 e. The predicted octanol–water partition coefficient (Wildman–Crippen LogP) is 0.845. The van der Waals surface area contributed by atoms with Gasteiger partial charge >= 0.3 is 6.18 Å². The Morgan fingerprint density at radius 1 is 1.32 bits per heavy atom. The van der Waals surface area contributed by atoms with Gasteiger partial charge in [-0.25, -0.2) is 0 Å². The highest BCUT2D eigenvalue weighted by molar-refractivity contribution is 5.77. The molecule has 0 radical (unpaired) electrons. The molecule has 7 nitrogen and oxygen atoms in total. The molecule has 22 heavy (non-hydrogen) atoms. The van der Waals surface area contributed by atoms with Crippen LogP contribution < -0.4 is 10.6 Å². The van der Waals surface area contributed by atoms with Gasteiger partial charge in [0, 0.05) is 13.1 Å². The van der Waals surface area contributed by atoms with Crippen LogP contribution in [-0.2, 0) is 11.0 Å². The molecule has 10 heteroatoms. The fourth-order valence-corrected chi connectivity index (χ4v) is 2.54. The molecule has 0 aromatic carbocycles. The summed E-state index contributed by atoms with van der Waals surface area (Å²) in [6, 6.07) is 2.98. The Hall–Kier alpha value is -2.39. The summed E-state index contributed by atoms with van der Waals surface area (Å²) in [7, 11) is 0. The lowest BCUT2D eigenvalue weighted by Crippen LogP contribution is -2.41. The molecule has 1 aliphatic heterocycles. The fourth-order valence-electron chi connectivity index (χ4n) is 2.54. The minimum atomic E-state index is -4.64. The number of primary amides is 1. The Balaban J connectivity index is 1.96. The minimum absolute atomic E-state index is 0.0135. The van der Waals surface area contributed by atoms with Crippen molar-refractivity contribution in [3.8, 4) is 0 Å². The number of hydrogen-bond acceptors (Lipinski definition) is 5. The summed E-state index contributed by atoms with van der Waals surface area (Å²) < 4.78 is 39.2. The van der Waals surface area contributed by atoms with Crippen molar-refractivity contribution in [1.29, 1.82) is 0 Å². The number of halogens is 3. The van der Waals surface area contributed by atoms with Gasteiger partial charge in [0.2, 0.25) is 5.91 Å². The number of nitrogens with zero attached hydrogens (tertiary/aromatic N) is 5. The van der Waals surface area contributed by atoms with Crippen molar-refractivity contribution in [2.24, 2.45) is 11.7 Å². The molecule has 1 amide bonds. The molecule has 1 fully saturated rings. The maximum Gasteiger partial charge on any atom is 0.453 e. The molecule has 2 N–H and O–H groups in total. The molecule has 0 saturated carbocycles. The van der Waals surface area contributed by atoms with E-state index in [9.17, 15) is 18.0 Å². The Bertz CT molecular complexity index is 712. The summed E-state index contributed by atoms with van der Waals surface area (Å²) >= 11 is 0. The maximum absolute atomic E-state index is 12.9. The molecular formula is C12H13F3N6O. The van der Waals surface area contributed by atoms with Crippen LogP contribution in [0.1, 0.15) is 18.7 Å². The number of nitrogens with two attached hydrogens (primary N) is 1. The average Bonchev–Trinajstić information content (AvgIpc) is 2.90. The van der Waals surface area contributed by atoms with Gasteiger partial charge in [-0.15, -0.1) is 15.3 Å². The van der Waals surface area contributed by atoms with E-state index in [1.54, 1.807) is 11.0 Å². The monoisotopic (exact) mass is 314 g/mol. The number of hydrogen-bond donors (Lipinski definition) is 1. The number of piperidine rings is 1. The van der Waals surface area contributed by atoms with Gasteiger partial charge in [-0.3, -0.25) is 4.79 Å². The first-order valence-electron chi connectivity index (χ1n) is 6.70. The number of carbonyl (C=O) groups excluding carboxylic acids is 1. The third kappa shape index (κ3) is 2.55. The topological polar surface area (TPSA) is 89.4 Å². The van der Waals surface area contributed by atoms with E-state index in [1.807, 2.05) is 0 Å². The normalized spacial score (nSPS) is 19.6. The molecule has 0 spiro atoms. The minimum Gasteiger partial charge on any atom is -0.369 e. The average molecular weight is 314 g/mol. The lowest BCUT2D eigenvalue weighted by atomic mass is 9.97. The molecule has 1 atom stereocenters. The number of rotatable bonds is 2. The maximum atomic E-state index is 12.9. The van der Waals surface area contributed by atoms with Crippen LogP contribution in [0.4, 0.5) is 19.0 Å². The third-order valence-corrected chi connectivity index (χ3v) is 3.65. The molecule has 118 valence electrons. The highest BCUT2D eigenvalue weighted by atomic mass is 19.4. The van der Waals surface area contributed by atoms with Crippen LogP contribution in [0.25, 0.3) is 5.65 Å². The van der Waals surface area contributed by atoms with Gasteiger partial charge in [0.05, 0.1) is 5.92 Å². The highest BCUT2D eigenvalue weighted by Gasteiger charge is 2.38. The number of alkyl halides is 3. The van der Waals surface area contributed by atoms with Gasteiger partial charge in [-0.1, -0.05) is 0 Å². The van der Waals surface area contributed by atoms with Crippen LogP contribution in [0.15, 0.2) is 12.1 Å². The van der Waals surface area contributed by atoms with Gasteiger partial charge in [-0.2, -0.15) is 17.7 Å². The van der Waals surface area contributed by atoms with Crippen molar-refractivity contribution in [1.82, 2.24) is 19.8 Å². The van der Waals surface area contributed by atoms with Crippen molar-refractivity contribution >= 4 is 17.4 Å². The van der Waals surface area contributed by atoms with Gasteiger partial charge in [0.15, 0.2) is 5.65 Å². The van der Waals surface area contributed by atoms with Crippen LogP contribution in [0.3, 0.4) is 0 Å². The first-order chi connectivity index (χ1) is 10.4. The summed E-state index contributed by atoms with van der Waals surface area (Å²) in [6.07, 6.45) is -3.24. The van der Waals surface area contributed by atoms with Crippen LogP contribution in [-0.4, -0.2) is 38.8 Å². The van der Waals surface area contributed by atoms with Gasteiger partial charge in [0.25, 0.3) is 5.82 Å². The van der Waals surface area contributed by atoms with Gasteiger partial charge in [0.1, 0.15) is 5.82 Å². The number of fused-ring (bicyclic) bond motifs is 1. The van der Waals surface area contributed by atoms with E-state index in [4.69, 9.17) is 5.73 Å². The Morgan fingerprint density at radius 3 is 2.77 bits per heavy atom. The van der Waals surface area contributed by atoms with Gasteiger partial charge < -0.3 is 10.6 Å². The van der Waals surface area contributed by atoms with Crippen molar-refractivity contribution in [2.75, 3.05) is 18.0 Å². The van der Waals surface area contributed by atoms with E-state index in [-0.39, 0.29) is 11.6 Å². The zero-order chi connectivity index (χ0) is 15.9. The second-order valence-electron chi connectivity index (χ2n) is 5.17. The zero-order valence-corrected chi connectivity index (χ0v) is 11.4. The van der Waals surface area contributed by atoms with Crippen LogP contribution in [0.5, 0.6) is 0 Å². The lowest BCUT2D eigenvalue weighted by molar-refractivity contribution is -0.146. The van der Waals surface area contributed by atoms with Crippen molar-refractivity contribution in [3.63, 3.8) is 0 Å². The number of amides is 1. The van der Waals surface area contributed by atoms with Crippen LogP contribution in [0, 0.1) is 5.92 Å². The predicted molar refractivity (Wildman–Crippen MR) is 69.9 cm³/mol. The molecule has 1 saturated heterocycles. The highest BCUT2D eigenvalue weighted by Crippen LogP contribution is 2.28. The van der Waals surface area contributed by atoms with Crippen molar-refractivity contribution in [2.45, 2.75) is 19.0 Å². The quantitative estimate of drug-likeness (QED) is 0.887. The molecule has 1 aliphatic rings. The number of carbonyl (C=O) groups is 1. The standard InChI is InChI=1S/C12H13F3N6O/c13-12(14,15)11-18-17-8-3-4-9(19-21(8)11)20-5-1-2-7(6-20)10(16)22/h3-4,7H,1-2,5-6H2,(H2,16,22)/t7-/m0/s1. The third-order valence-electron chi connectivity index (χ3n) is 3.65. The molecule has 3 rings (SSSR count). The first kappa shape index (κ1) is 14.5. The molecule has 0 bridgehead atoms. The zero-order valence-electron chi connectivity index (χ0n) is 11.4. The summed E-state index contributed by atoms with van der Waals surface area (Å²) in [5, 5.41) is 10.5. The number of anilines is 1. The van der Waals surface area contributed by atoms with Crippen LogP contribution in [0.2, 0.25) is 0 Å². The van der Waals surface area contributed by atoms with Crippen molar-refractivity contribution < 1.29 is 18.0 Å². The lowest BCUT2D eigenvalue weighted by Gasteiger charge is -2.31.